The molecule has 2 heterocycles. The molecule has 0 atom stereocenters. The van der Waals surface area contributed by atoms with Crippen LogP contribution in [0, 0.1) is 0 Å². The van der Waals surface area contributed by atoms with Gasteiger partial charge in [-0.2, -0.15) is 11.3 Å². The summed E-state index contributed by atoms with van der Waals surface area (Å²) in [6, 6.07) is 2.41. The molecule has 2 aromatic rings. The molecule has 2 aromatic heterocycles. The van der Waals surface area contributed by atoms with Crippen molar-refractivity contribution in [2.75, 3.05) is 5.73 Å². The lowest BCUT2D eigenvalue weighted by Gasteiger charge is -2.10. The van der Waals surface area contributed by atoms with Crippen molar-refractivity contribution in [2.24, 2.45) is 0 Å². The van der Waals surface area contributed by atoms with E-state index in [1.807, 2.05) is 4.57 Å². The third-order valence-electron chi connectivity index (χ3n) is 2.16. The monoisotopic (exact) mass is 254 g/mol. The number of nitrogens with two attached hydrogens (primary N) is 1. The molecule has 2 N–H and O–H groups in total. The van der Waals surface area contributed by atoms with Gasteiger partial charge in [0.25, 0.3) is 0 Å². The summed E-state index contributed by atoms with van der Waals surface area (Å²) in [5.41, 5.74) is 7.08. The lowest BCUT2D eigenvalue weighted by atomic mass is 10.4. The Morgan fingerprint density at radius 3 is 2.94 bits per heavy atom. The van der Waals surface area contributed by atoms with Crippen molar-refractivity contribution in [3.8, 4) is 0 Å². The zero-order chi connectivity index (χ0) is 11.5. The summed E-state index contributed by atoms with van der Waals surface area (Å²) in [6.45, 7) is 4.16. The number of nitrogens with zero attached hydrogens (tertiary/aromatic N) is 3. The van der Waals surface area contributed by atoms with Crippen LogP contribution in [0.2, 0.25) is 0 Å². The normalized spacial score (nSPS) is 11.2. The van der Waals surface area contributed by atoms with Gasteiger partial charge in [-0.1, -0.05) is 11.8 Å². The highest BCUT2D eigenvalue weighted by atomic mass is 32.2. The van der Waals surface area contributed by atoms with Crippen LogP contribution >= 0.6 is 23.1 Å². The van der Waals surface area contributed by atoms with Crippen LogP contribution in [0.3, 0.4) is 0 Å². The van der Waals surface area contributed by atoms with Crippen LogP contribution in [0.15, 0.2) is 22.0 Å². The van der Waals surface area contributed by atoms with Crippen molar-refractivity contribution in [2.45, 2.75) is 30.8 Å². The first-order chi connectivity index (χ1) is 7.68. The molecular formula is C10H14N4S2. The molecule has 0 saturated heterocycles. The average Bonchev–Trinajstić information content (AvgIpc) is 2.83. The largest absolute Gasteiger partial charge is 0.368 e. The standard InChI is InChI=1S/C10H14N4S2/c1-7(2)14-9(11)12-13-10(14)16-6-8-3-4-15-5-8/h3-5,7H,6H2,1-2H3,(H2,11,12). The topological polar surface area (TPSA) is 56.7 Å². The van der Waals surface area contributed by atoms with E-state index in [2.05, 4.69) is 40.9 Å². The number of rotatable bonds is 4. The van der Waals surface area contributed by atoms with Crippen molar-refractivity contribution in [1.82, 2.24) is 14.8 Å². The molecule has 86 valence electrons. The number of hydrogen-bond donors (Lipinski definition) is 1. The fourth-order valence-corrected chi connectivity index (χ4v) is 3.19. The van der Waals surface area contributed by atoms with Crippen LogP contribution in [0.25, 0.3) is 0 Å². The average molecular weight is 254 g/mol. The molecular weight excluding hydrogens is 240 g/mol. The molecule has 0 spiro atoms. The number of thiophene rings is 1. The Bertz CT molecular complexity index is 447. The van der Waals surface area contributed by atoms with E-state index in [0.717, 1.165) is 10.9 Å². The molecule has 6 heteroatoms. The number of nitrogen functional groups attached to an aromatic ring is 1. The second-order valence-electron chi connectivity index (χ2n) is 3.72. The Morgan fingerprint density at radius 1 is 1.50 bits per heavy atom. The maximum Gasteiger partial charge on any atom is 0.222 e. The van der Waals surface area contributed by atoms with Gasteiger partial charge >= 0.3 is 0 Å². The van der Waals surface area contributed by atoms with Gasteiger partial charge in [0.15, 0.2) is 5.16 Å². The second-order valence-corrected chi connectivity index (χ2v) is 5.45. The van der Waals surface area contributed by atoms with Crippen LogP contribution in [0.5, 0.6) is 0 Å². The van der Waals surface area contributed by atoms with Gasteiger partial charge in [-0.15, -0.1) is 10.2 Å². The van der Waals surface area contributed by atoms with Gasteiger partial charge < -0.3 is 5.73 Å². The smallest absolute Gasteiger partial charge is 0.222 e. The molecule has 0 unspecified atom stereocenters. The highest BCUT2D eigenvalue weighted by molar-refractivity contribution is 7.98. The van der Waals surface area contributed by atoms with Gasteiger partial charge in [0.1, 0.15) is 0 Å². The highest BCUT2D eigenvalue weighted by Crippen LogP contribution is 2.26. The predicted molar refractivity (Wildman–Crippen MR) is 68.7 cm³/mol. The minimum atomic E-state index is 0.292. The Morgan fingerprint density at radius 2 is 2.31 bits per heavy atom. The van der Waals surface area contributed by atoms with E-state index in [0.29, 0.717) is 12.0 Å². The van der Waals surface area contributed by atoms with Gasteiger partial charge in [-0.3, -0.25) is 4.57 Å². The quantitative estimate of drug-likeness (QED) is 0.852. The second kappa shape index (κ2) is 4.88. The summed E-state index contributed by atoms with van der Waals surface area (Å²) < 4.78 is 1.96. The van der Waals surface area contributed by atoms with Gasteiger partial charge in [-0.05, 0) is 36.2 Å². The number of hydrogen-bond acceptors (Lipinski definition) is 5. The van der Waals surface area contributed by atoms with Gasteiger partial charge in [0, 0.05) is 11.8 Å². The zero-order valence-corrected chi connectivity index (χ0v) is 10.9. The molecule has 0 aliphatic carbocycles. The van der Waals surface area contributed by atoms with E-state index in [4.69, 9.17) is 5.73 Å². The van der Waals surface area contributed by atoms with Crippen molar-refractivity contribution in [3.05, 3.63) is 22.4 Å². The molecule has 0 aromatic carbocycles. The van der Waals surface area contributed by atoms with Crippen LogP contribution < -0.4 is 5.73 Å². The molecule has 0 amide bonds. The van der Waals surface area contributed by atoms with E-state index < -0.39 is 0 Å². The van der Waals surface area contributed by atoms with Crippen molar-refractivity contribution in [3.63, 3.8) is 0 Å². The van der Waals surface area contributed by atoms with Crippen LogP contribution in [-0.4, -0.2) is 14.8 Å². The lowest BCUT2D eigenvalue weighted by Crippen LogP contribution is -2.06. The molecule has 0 saturated carbocycles. The fourth-order valence-electron chi connectivity index (χ4n) is 1.39. The molecule has 4 nitrogen and oxygen atoms in total. The van der Waals surface area contributed by atoms with Crippen LogP contribution in [0.4, 0.5) is 5.95 Å². The van der Waals surface area contributed by atoms with Crippen LogP contribution in [-0.2, 0) is 5.75 Å². The minimum Gasteiger partial charge on any atom is -0.368 e. The Hall–Kier alpha value is -1.01. The summed E-state index contributed by atoms with van der Waals surface area (Å²) in [4.78, 5) is 0. The van der Waals surface area contributed by atoms with E-state index >= 15 is 0 Å². The zero-order valence-electron chi connectivity index (χ0n) is 9.25. The summed E-state index contributed by atoms with van der Waals surface area (Å²) in [5.74, 6) is 1.40. The molecule has 0 aliphatic rings. The minimum absolute atomic E-state index is 0.292. The molecule has 2 rings (SSSR count). The van der Waals surface area contributed by atoms with Crippen LogP contribution in [0.1, 0.15) is 25.5 Å². The number of anilines is 1. The van der Waals surface area contributed by atoms with Gasteiger partial charge in [-0.25, -0.2) is 0 Å². The Balaban J connectivity index is 2.10. The van der Waals surface area contributed by atoms with E-state index in [9.17, 15) is 0 Å². The SMILES string of the molecule is CC(C)n1c(N)nnc1SCc1ccsc1. The van der Waals surface area contributed by atoms with E-state index in [-0.39, 0.29) is 0 Å². The number of aromatic nitrogens is 3. The Kier molecular flexibility index (Phi) is 3.50. The summed E-state index contributed by atoms with van der Waals surface area (Å²) >= 11 is 3.38. The van der Waals surface area contributed by atoms with Gasteiger partial charge in [0.2, 0.25) is 5.95 Å². The molecule has 0 bridgehead atoms. The molecule has 0 radical (unpaired) electrons. The third-order valence-corrected chi connectivity index (χ3v) is 3.90. The molecule has 0 aliphatic heterocycles. The highest BCUT2D eigenvalue weighted by Gasteiger charge is 2.12. The Labute approximate surface area is 103 Å². The van der Waals surface area contributed by atoms with E-state index in [1.165, 1.54) is 5.56 Å². The first-order valence-electron chi connectivity index (χ1n) is 5.02. The predicted octanol–water partition coefficient (Wildman–Crippen LogP) is 2.80. The number of thioether (sulfide) groups is 1. The lowest BCUT2D eigenvalue weighted by molar-refractivity contribution is 0.557. The summed E-state index contributed by atoms with van der Waals surface area (Å²) in [5, 5.41) is 13.1. The first kappa shape index (κ1) is 11.5. The van der Waals surface area contributed by atoms with Gasteiger partial charge in [0.05, 0.1) is 0 Å². The van der Waals surface area contributed by atoms with Crippen molar-refractivity contribution >= 4 is 29.0 Å². The fraction of sp³-hybridized carbons (Fsp3) is 0.400. The summed E-state index contributed by atoms with van der Waals surface area (Å²) in [7, 11) is 0. The van der Waals surface area contributed by atoms with Crippen molar-refractivity contribution in [1.29, 1.82) is 0 Å². The van der Waals surface area contributed by atoms with E-state index in [1.54, 1.807) is 23.1 Å². The summed E-state index contributed by atoms with van der Waals surface area (Å²) in [6.07, 6.45) is 0. The van der Waals surface area contributed by atoms with Crippen molar-refractivity contribution < 1.29 is 0 Å². The first-order valence-corrected chi connectivity index (χ1v) is 6.95. The molecule has 16 heavy (non-hydrogen) atoms. The molecule has 0 fully saturated rings. The maximum absolute atomic E-state index is 5.77. The maximum atomic E-state index is 5.77. The third kappa shape index (κ3) is 2.38.